The highest BCUT2D eigenvalue weighted by Gasteiger charge is 2.08. The van der Waals surface area contributed by atoms with Crippen LogP contribution in [0.25, 0.3) is 0 Å². The minimum atomic E-state index is 0.243. The molecule has 124 valence electrons. The zero-order valence-corrected chi connectivity index (χ0v) is 13.4. The normalized spacial score (nSPS) is 10.4. The van der Waals surface area contributed by atoms with Crippen molar-refractivity contribution in [3.05, 3.63) is 66.4 Å². The summed E-state index contributed by atoms with van der Waals surface area (Å²) in [7, 11) is 0. The maximum absolute atomic E-state index is 5.58. The van der Waals surface area contributed by atoms with E-state index < -0.39 is 0 Å². The molecule has 2 aromatic carbocycles. The van der Waals surface area contributed by atoms with Gasteiger partial charge in [-0.25, -0.2) is 0 Å². The number of anilines is 1. The van der Waals surface area contributed by atoms with Gasteiger partial charge in [-0.1, -0.05) is 30.3 Å². The SMILES string of the molecule is CCOc1ccccc1NCc1nnc(COc2ccccc2)o1. The molecule has 6 heteroatoms. The molecule has 0 unspecified atom stereocenters. The van der Waals surface area contributed by atoms with Gasteiger partial charge in [-0.15, -0.1) is 10.2 Å². The molecule has 3 aromatic rings. The maximum atomic E-state index is 5.58. The van der Waals surface area contributed by atoms with E-state index in [0.717, 1.165) is 17.2 Å². The van der Waals surface area contributed by atoms with Crippen molar-refractivity contribution in [2.45, 2.75) is 20.1 Å². The highest BCUT2D eigenvalue weighted by atomic mass is 16.5. The predicted molar refractivity (Wildman–Crippen MR) is 90.0 cm³/mol. The van der Waals surface area contributed by atoms with E-state index in [2.05, 4.69) is 15.5 Å². The molecule has 0 fully saturated rings. The molecular formula is C18H19N3O3. The van der Waals surface area contributed by atoms with Gasteiger partial charge in [0.2, 0.25) is 5.89 Å². The minimum absolute atomic E-state index is 0.243. The Morgan fingerprint density at radius 3 is 2.50 bits per heavy atom. The fraction of sp³-hybridized carbons (Fsp3) is 0.222. The van der Waals surface area contributed by atoms with Crippen molar-refractivity contribution < 1.29 is 13.9 Å². The first-order valence-corrected chi connectivity index (χ1v) is 7.80. The monoisotopic (exact) mass is 325 g/mol. The van der Waals surface area contributed by atoms with Crippen LogP contribution in [0.2, 0.25) is 0 Å². The zero-order chi connectivity index (χ0) is 16.6. The second-order valence-corrected chi connectivity index (χ2v) is 4.97. The third-order valence-electron chi connectivity index (χ3n) is 3.23. The van der Waals surface area contributed by atoms with Crippen molar-refractivity contribution in [3.8, 4) is 11.5 Å². The first kappa shape index (κ1) is 15.9. The average Bonchev–Trinajstić information content (AvgIpc) is 3.08. The van der Waals surface area contributed by atoms with Gasteiger partial charge in [0.15, 0.2) is 6.61 Å². The summed E-state index contributed by atoms with van der Waals surface area (Å²) in [6.45, 7) is 3.23. The molecule has 1 aromatic heterocycles. The van der Waals surface area contributed by atoms with Crippen molar-refractivity contribution in [2.24, 2.45) is 0 Å². The van der Waals surface area contributed by atoms with Gasteiger partial charge < -0.3 is 19.2 Å². The van der Waals surface area contributed by atoms with Gasteiger partial charge in [-0.2, -0.15) is 0 Å². The highest BCUT2D eigenvalue weighted by Crippen LogP contribution is 2.24. The van der Waals surface area contributed by atoms with Crippen LogP contribution in [0.3, 0.4) is 0 Å². The molecule has 0 bridgehead atoms. The van der Waals surface area contributed by atoms with Gasteiger partial charge in [0.25, 0.3) is 5.89 Å². The number of hydrogen-bond acceptors (Lipinski definition) is 6. The Morgan fingerprint density at radius 2 is 1.67 bits per heavy atom. The molecular weight excluding hydrogens is 306 g/mol. The minimum Gasteiger partial charge on any atom is -0.492 e. The number of benzene rings is 2. The summed E-state index contributed by atoms with van der Waals surface area (Å²) in [6.07, 6.45) is 0. The van der Waals surface area contributed by atoms with E-state index in [1.807, 2.05) is 61.5 Å². The Kier molecular flexibility index (Phi) is 5.29. The lowest BCUT2D eigenvalue weighted by Crippen LogP contribution is -2.02. The summed E-state index contributed by atoms with van der Waals surface area (Å²) in [5, 5.41) is 11.2. The van der Waals surface area contributed by atoms with E-state index in [-0.39, 0.29) is 6.61 Å². The second kappa shape index (κ2) is 8.01. The van der Waals surface area contributed by atoms with Gasteiger partial charge in [0.05, 0.1) is 18.8 Å². The lowest BCUT2D eigenvalue weighted by Gasteiger charge is -2.10. The summed E-state index contributed by atoms with van der Waals surface area (Å²) in [6, 6.07) is 17.2. The molecule has 3 rings (SSSR count). The van der Waals surface area contributed by atoms with Crippen LogP contribution in [0.5, 0.6) is 11.5 Å². The predicted octanol–water partition coefficient (Wildman–Crippen LogP) is 3.66. The lowest BCUT2D eigenvalue weighted by molar-refractivity contribution is 0.259. The van der Waals surface area contributed by atoms with Crippen LogP contribution in [0.4, 0.5) is 5.69 Å². The third-order valence-corrected chi connectivity index (χ3v) is 3.23. The summed E-state index contributed by atoms with van der Waals surface area (Å²) < 4.78 is 16.7. The fourth-order valence-corrected chi connectivity index (χ4v) is 2.14. The Balaban J connectivity index is 1.55. The van der Waals surface area contributed by atoms with Crippen molar-refractivity contribution in [2.75, 3.05) is 11.9 Å². The van der Waals surface area contributed by atoms with E-state index in [1.165, 1.54) is 0 Å². The van der Waals surface area contributed by atoms with E-state index in [1.54, 1.807) is 0 Å². The van der Waals surface area contributed by atoms with Crippen LogP contribution in [0.15, 0.2) is 59.0 Å². The smallest absolute Gasteiger partial charge is 0.253 e. The third kappa shape index (κ3) is 4.25. The van der Waals surface area contributed by atoms with Crippen LogP contribution in [0.1, 0.15) is 18.7 Å². The van der Waals surface area contributed by atoms with Crippen molar-refractivity contribution in [1.29, 1.82) is 0 Å². The number of nitrogens with zero attached hydrogens (tertiary/aromatic N) is 2. The first-order valence-electron chi connectivity index (χ1n) is 7.80. The van der Waals surface area contributed by atoms with Crippen LogP contribution in [-0.4, -0.2) is 16.8 Å². The van der Waals surface area contributed by atoms with Gasteiger partial charge in [-0.3, -0.25) is 0 Å². The molecule has 0 spiro atoms. The Morgan fingerprint density at radius 1 is 0.917 bits per heavy atom. The topological polar surface area (TPSA) is 69.4 Å². The molecule has 1 heterocycles. The molecule has 1 N–H and O–H groups in total. The van der Waals surface area contributed by atoms with E-state index in [9.17, 15) is 0 Å². The number of rotatable bonds is 8. The molecule has 0 atom stereocenters. The molecule has 0 saturated heterocycles. The van der Waals surface area contributed by atoms with Crippen LogP contribution < -0.4 is 14.8 Å². The van der Waals surface area contributed by atoms with Gasteiger partial charge in [0, 0.05) is 0 Å². The number of ether oxygens (including phenoxy) is 2. The molecule has 0 aliphatic heterocycles. The maximum Gasteiger partial charge on any atom is 0.253 e. The van der Waals surface area contributed by atoms with Crippen molar-refractivity contribution in [3.63, 3.8) is 0 Å². The Labute approximate surface area is 140 Å². The highest BCUT2D eigenvalue weighted by molar-refractivity contribution is 5.56. The molecule has 0 radical (unpaired) electrons. The quantitative estimate of drug-likeness (QED) is 0.681. The second-order valence-electron chi connectivity index (χ2n) is 4.97. The molecule has 0 saturated carbocycles. The van der Waals surface area contributed by atoms with E-state index in [0.29, 0.717) is 24.9 Å². The van der Waals surface area contributed by atoms with Gasteiger partial charge >= 0.3 is 0 Å². The molecule has 0 amide bonds. The lowest BCUT2D eigenvalue weighted by atomic mass is 10.3. The van der Waals surface area contributed by atoms with E-state index >= 15 is 0 Å². The number of para-hydroxylation sites is 3. The number of nitrogens with one attached hydrogen (secondary N) is 1. The van der Waals surface area contributed by atoms with Crippen LogP contribution >= 0.6 is 0 Å². The number of hydrogen-bond donors (Lipinski definition) is 1. The average molecular weight is 325 g/mol. The van der Waals surface area contributed by atoms with Gasteiger partial charge in [0.1, 0.15) is 11.5 Å². The summed E-state index contributed by atoms with van der Waals surface area (Å²) in [5.41, 5.74) is 0.889. The first-order chi connectivity index (χ1) is 11.8. The van der Waals surface area contributed by atoms with E-state index in [4.69, 9.17) is 13.9 Å². The summed E-state index contributed by atoms with van der Waals surface area (Å²) >= 11 is 0. The fourth-order valence-electron chi connectivity index (χ4n) is 2.14. The Bertz CT molecular complexity index is 759. The number of aromatic nitrogens is 2. The van der Waals surface area contributed by atoms with Crippen LogP contribution in [0, 0.1) is 0 Å². The molecule has 24 heavy (non-hydrogen) atoms. The largest absolute Gasteiger partial charge is 0.492 e. The van der Waals surface area contributed by atoms with Crippen molar-refractivity contribution in [1.82, 2.24) is 10.2 Å². The summed E-state index contributed by atoms with van der Waals surface area (Å²) in [4.78, 5) is 0. The molecule has 6 nitrogen and oxygen atoms in total. The Hall–Kier alpha value is -3.02. The zero-order valence-electron chi connectivity index (χ0n) is 13.4. The standard InChI is InChI=1S/C18H19N3O3/c1-2-22-16-11-7-6-10-15(16)19-12-17-20-21-18(24-17)13-23-14-8-4-3-5-9-14/h3-11,19H,2,12-13H2,1H3. The summed E-state index contributed by atoms with van der Waals surface area (Å²) in [5.74, 6) is 2.50. The molecule has 0 aliphatic carbocycles. The molecule has 0 aliphatic rings. The van der Waals surface area contributed by atoms with Crippen LogP contribution in [-0.2, 0) is 13.2 Å². The van der Waals surface area contributed by atoms with Crippen molar-refractivity contribution >= 4 is 5.69 Å². The van der Waals surface area contributed by atoms with Gasteiger partial charge in [-0.05, 0) is 31.2 Å².